The highest BCUT2D eigenvalue weighted by atomic mass is 16.5. The second kappa shape index (κ2) is 8.64. The number of urea groups is 1. The summed E-state index contributed by atoms with van der Waals surface area (Å²) in [6.07, 6.45) is 5.41. The van der Waals surface area contributed by atoms with E-state index in [0.717, 1.165) is 44.1 Å². The summed E-state index contributed by atoms with van der Waals surface area (Å²) in [5.74, 6) is 0. The average Bonchev–Trinajstić information content (AvgIpc) is 3.17. The van der Waals surface area contributed by atoms with E-state index in [9.17, 15) is 4.79 Å². The second-order valence-electron chi connectivity index (χ2n) is 6.14. The van der Waals surface area contributed by atoms with Crippen molar-refractivity contribution in [1.29, 1.82) is 0 Å². The average molecular weight is 343 g/mol. The Balaban J connectivity index is 1.43. The lowest BCUT2D eigenvalue weighted by atomic mass is 10.1. The first kappa shape index (κ1) is 17.4. The molecule has 1 aliphatic heterocycles. The Morgan fingerprint density at radius 3 is 2.72 bits per heavy atom. The largest absolute Gasteiger partial charge is 0.379 e. The third kappa shape index (κ3) is 5.04. The van der Waals surface area contributed by atoms with Crippen LogP contribution in [-0.4, -0.2) is 59.9 Å². The molecule has 3 rings (SSSR count). The fourth-order valence-electron chi connectivity index (χ4n) is 2.83. The summed E-state index contributed by atoms with van der Waals surface area (Å²) in [6.45, 7) is 6.89. The van der Waals surface area contributed by atoms with E-state index in [1.165, 1.54) is 0 Å². The summed E-state index contributed by atoms with van der Waals surface area (Å²) in [6, 6.07) is 7.89. The Bertz CT molecular complexity index is 651. The SMILES string of the molecule is C[C@@H](NC(=O)NCCN1CCOCC1)c1ccc(-n2ccnc2)cc1. The second-order valence-corrected chi connectivity index (χ2v) is 6.14. The van der Waals surface area contributed by atoms with Gasteiger partial charge in [-0.3, -0.25) is 4.90 Å². The smallest absolute Gasteiger partial charge is 0.315 e. The highest BCUT2D eigenvalue weighted by Gasteiger charge is 2.12. The van der Waals surface area contributed by atoms with Crippen molar-refractivity contribution >= 4 is 6.03 Å². The van der Waals surface area contributed by atoms with Gasteiger partial charge in [-0.15, -0.1) is 0 Å². The number of nitrogens with one attached hydrogen (secondary N) is 2. The van der Waals surface area contributed by atoms with E-state index in [1.54, 1.807) is 12.5 Å². The Labute approximate surface area is 148 Å². The van der Waals surface area contributed by atoms with Gasteiger partial charge >= 0.3 is 6.03 Å². The van der Waals surface area contributed by atoms with E-state index in [0.29, 0.717) is 6.54 Å². The Hall–Kier alpha value is -2.38. The molecule has 2 amide bonds. The van der Waals surface area contributed by atoms with Crippen molar-refractivity contribution in [2.45, 2.75) is 13.0 Å². The Morgan fingerprint density at radius 1 is 1.28 bits per heavy atom. The van der Waals surface area contributed by atoms with Crippen molar-refractivity contribution in [2.24, 2.45) is 0 Å². The third-order valence-corrected chi connectivity index (χ3v) is 4.36. The number of carbonyl (C=O) groups is 1. The van der Waals surface area contributed by atoms with Crippen LogP contribution in [0.4, 0.5) is 4.79 Å². The van der Waals surface area contributed by atoms with Crippen LogP contribution in [0.5, 0.6) is 0 Å². The van der Waals surface area contributed by atoms with E-state index in [1.807, 2.05) is 42.0 Å². The fourth-order valence-corrected chi connectivity index (χ4v) is 2.83. The van der Waals surface area contributed by atoms with Crippen molar-refractivity contribution in [1.82, 2.24) is 25.1 Å². The van der Waals surface area contributed by atoms with Crippen LogP contribution in [-0.2, 0) is 4.74 Å². The summed E-state index contributed by atoms with van der Waals surface area (Å²) in [5.41, 5.74) is 2.11. The van der Waals surface area contributed by atoms with Gasteiger partial charge in [0, 0.05) is 44.3 Å². The molecule has 0 saturated carbocycles. The molecule has 1 aromatic carbocycles. The summed E-state index contributed by atoms with van der Waals surface area (Å²) >= 11 is 0. The molecule has 0 bridgehead atoms. The van der Waals surface area contributed by atoms with Crippen LogP contribution < -0.4 is 10.6 Å². The van der Waals surface area contributed by atoms with Crippen LogP contribution in [0.2, 0.25) is 0 Å². The zero-order chi connectivity index (χ0) is 17.5. The van der Waals surface area contributed by atoms with Crippen molar-refractivity contribution in [2.75, 3.05) is 39.4 Å². The molecule has 0 unspecified atom stereocenters. The molecule has 134 valence electrons. The lowest BCUT2D eigenvalue weighted by molar-refractivity contribution is 0.0387. The Morgan fingerprint density at radius 2 is 2.04 bits per heavy atom. The predicted octanol–water partition coefficient (Wildman–Crippen LogP) is 1.56. The van der Waals surface area contributed by atoms with E-state index < -0.39 is 0 Å². The molecular formula is C18H25N5O2. The molecule has 1 atom stereocenters. The minimum atomic E-state index is -0.139. The molecule has 7 heteroatoms. The van der Waals surface area contributed by atoms with Crippen LogP contribution in [0.25, 0.3) is 5.69 Å². The summed E-state index contributed by atoms with van der Waals surface area (Å²) < 4.78 is 7.26. The van der Waals surface area contributed by atoms with Gasteiger partial charge in [-0.25, -0.2) is 9.78 Å². The minimum absolute atomic E-state index is 0.0553. The maximum Gasteiger partial charge on any atom is 0.315 e. The summed E-state index contributed by atoms with van der Waals surface area (Å²) in [5, 5.41) is 5.90. The quantitative estimate of drug-likeness (QED) is 0.835. The van der Waals surface area contributed by atoms with Gasteiger partial charge in [0.1, 0.15) is 0 Å². The number of imidazole rings is 1. The first-order valence-corrected chi connectivity index (χ1v) is 8.65. The molecule has 1 saturated heterocycles. The topological polar surface area (TPSA) is 71.4 Å². The lowest BCUT2D eigenvalue weighted by Crippen LogP contribution is -2.44. The third-order valence-electron chi connectivity index (χ3n) is 4.36. The maximum absolute atomic E-state index is 12.0. The zero-order valence-electron chi connectivity index (χ0n) is 14.5. The van der Waals surface area contributed by atoms with E-state index in [-0.39, 0.29) is 12.1 Å². The van der Waals surface area contributed by atoms with E-state index >= 15 is 0 Å². The van der Waals surface area contributed by atoms with Crippen molar-refractivity contribution in [3.8, 4) is 5.69 Å². The molecule has 7 nitrogen and oxygen atoms in total. The van der Waals surface area contributed by atoms with Gasteiger partial charge in [0.15, 0.2) is 0 Å². The van der Waals surface area contributed by atoms with E-state index in [2.05, 4.69) is 20.5 Å². The zero-order valence-corrected chi connectivity index (χ0v) is 14.5. The van der Waals surface area contributed by atoms with Crippen LogP contribution in [0.1, 0.15) is 18.5 Å². The monoisotopic (exact) mass is 343 g/mol. The predicted molar refractivity (Wildman–Crippen MR) is 95.8 cm³/mol. The number of hydrogen-bond donors (Lipinski definition) is 2. The van der Waals surface area contributed by atoms with Gasteiger partial charge in [0.05, 0.1) is 25.6 Å². The lowest BCUT2D eigenvalue weighted by Gasteiger charge is -2.26. The number of rotatable bonds is 6. The van der Waals surface area contributed by atoms with Crippen LogP contribution in [0, 0.1) is 0 Å². The van der Waals surface area contributed by atoms with Gasteiger partial charge in [-0.1, -0.05) is 12.1 Å². The van der Waals surface area contributed by atoms with Crippen molar-refractivity contribution in [3.05, 3.63) is 48.5 Å². The molecule has 2 heterocycles. The van der Waals surface area contributed by atoms with Crippen LogP contribution >= 0.6 is 0 Å². The fraction of sp³-hybridized carbons (Fsp3) is 0.444. The molecule has 1 aromatic heterocycles. The molecule has 1 aliphatic rings. The molecule has 1 fully saturated rings. The van der Waals surface area contributed by atoms with Gasteiger partial charge < -0.3 is 19.9 Å². The van der Waals surface area contributed by atoms with Gasteiger partial charge in [0.2, 0.25) is 0 Å². The molecule has 0 spiro atoms. The molecular weight excluding hydrogens is 318 g/mol. The molecule has 0 radical (unpaired) electrons. The Kier molecular flexibility index (Phi) is 6.03. The maximum atomic E-state index is 12.0. The van der Waals surface area contributed by atoms with Crippen molar-refractivity contribution < 1.29 is 9.53 Å². The first-order chi connectivity index (χ1) is 12.2. The molecule has 25 heavy (non-hydrogen) atoms. The number of morpholine rings is 1. The van der Waals surface area contributed by atoms with Gasteiger partial charge in [0.25, 0.3) is 0 Å². The minimum Gasteiger partial charge on any atom is -0.379 e. The standard InChI is InChI=1S/C18H25N5O2/c1-15(16-2-4-17(5-3-16)23-9-6-19-14-23)21-18(24)20-7-8-22-10-12-25-13-11-22/h2-6,9,14-15H,7-8,10-13H2,1H3,(H2,20,21,24)/t15-/m1/s1. The number of hydrogen-bond acceptors (Lipinski definition) is 4. The number of benzene rings is 1. The molecule has 2 aromatic rings. The molecule has 2 N–H and O–H groups in total. The molecule has 0 aliphatic carbocycles. The van der Waals surface area contributed by atoms with Crippen LogP contribution in [0.3, 0.4) is 0 Å². The highest BCUT2D eigenvalue weighted by Crippen LogP contribution is 2.15. The highest BCUT2D eigenvalue weighted by molar-refractivity contribution is 5.74. The van der Waals surface area contributed by atoms with Crippen molar-refractivity contribution in [3.63, 3.8) is 0 Å². The van der Waals surface area contributed by atoms with Gasteiger partial charge in [-0.2, -0.15) is 0 Å². The van der Waals surface area contributed by atoms with Gasteiger partial charge in [-0.05, 0) is 24.6 Å². The number of aromatic nitrogens is 2. The number of amides is 2. The summed E-state index contributed by atoms with van der Waals surface area (Å²) in [4.78, 5) is 18.4. The van der Waals surface area contributed by atoms with E-state index in [4.69, 9.17) is 4.74 Å². The number of carbonyl (C=O) groups excluding carboxylic acids is 1. The normalized spacial score (nSPS) is 16.4. The first-order valence-electron chi connectivity index (χ1n) is 8.65. The summed E-state index contributed by atoms with van der Waals surface area (Å²) in [7, 11) is 0. The van der Waals surface area contributed by atoms with Crippen LogP contribution in [0.15, 0.2) is 43.0 Å². The number of ether oxygens (including phenoxy) is 1. The number of nitrogens with zero attached hydrogens (tertiary/aromatic N) is 3.